The highest BCUT2D eigenvalue weighted by Gasteiger charge is 2.25. The number of nitrogens with one attached hydrogen (secondary N) is 2. The summed E-state index contributed by atoms with van der Waals surface area (Å²) < 4.78 is 0. The van der Waals surface area contributed by atoms with Crippen molar-refractivity contribution >= 4 is 12.0 Å². The van der Waals surface area contributed by atoms with Gasteiger partial charge in [-0.3, -0.25) is 4.79 Å². The van der Waals surface area contributed by atoms with E-state index in [0.717, 1.165) is 0 Å². The van der Waals surface area contributed by atoms with Crippen molar-refractivity contribution in [1.29, 1.82) is 0 Å². The van der Waals surface area contributed by atoms with Crippen molar-refractivity contribution in [1.82, 2.24) is 10.6 Å². The topological polar surface area (TPSA) is 78.4 Å². The van der Waals surface area contributed by atoms with E-state index in [2.05, 4.69) is 22.5 Å². The smallest absolute Gasteiger partial charge is 0.315 e. The van der Waals surface area contributed by atoms with Crippen molar-refractivity contribution in [3.63, 3.8) is 0 Å². The molecule has 0 aromatic carbocycles. The first-order chi connectivity index (χ1) is 8.13. The van der Waals surface area contributed by atoms with Gasteiger partial charge in [0.2, 0.25) is 0 Å². The lowest BCUT2D eigenvalue weighted by Gasteiger charge is -2.12. The minimum absolute atomic E-state index is 0.201. The molecule has 0 aromatic heterocycles. The lowest BCUT2D eigenvalue weighted by molar-refractivity contribution is -0.140. The number of amides is 2. The summed E-state index contributed by atoms with van der Waals surface area (Å²) in [6.45, 7) is 2.24. The van der Waals surface area contributed by atoms with E-state index in [9.17, 15) is 9.59 Å². The molecule has 2 unspecified atom stereocenters. The van der Waals surface area contributed by atoms with E-state index >= 15 is 0 Å². The van der Waals surface area contributed by atoms with Crippen LogP contribution in [0.5, 0.6) is 0 Å². The van der Waals surface area contributed by atoms with Gasteiger partial charge in [0, 0.05) is 13.0 Å². The molecule has 1 aliphatic rings. The molecule has 92 valence electrons. The van der Waals surface area contributed by atoms with Gasteiger partial charge in [-0.15, -0.1) is 11.8 Å². The molecule has 0 saturated heterocycles. The van der Waals surface area contributed by atoms with Gasteiger partial charge in [-0.1, -0.05) is 12.2 Å². The molecule has 0 bridgehead atoms. The van der Waals surface area contributed by atoms with Gasteiger partial charge in [-0.25, -0.2) is 4.79 Å². The Morgan fingerprint density at radius 3 is 2.82 bits per heavy atom. The van der Waals surface area contributed by atoms with Gasteiger partial charge in [0.05, 0.1) is 12.0 Å². The zero-order valence-electron chi connectivity index (χ0n) is 9.69. The largest absolute Gasteiger partial charge is 0.481 e. The van der Waals surface area contributed by atoms with Gasteiger partial charge in [0.25, 0.3) is 0 Å². The fourth-order valence-electron chi connectivity index (χ4n) is 1.57. The molecular weight excluding hydrogens is 220 g/mol. The van der Waals surface area contributed by atoms with E-state index in [-0.39, 0.29) is 12.1 Å². The van der Waals surface area contributed by atoms with E-state index in [1.807, 2.05) is 0 Å². The second kappa shape index (κ2) is 6.59. The maximum absolute atomic E-state index is 11.4. The van der Waals surface area contributed by atoms with E-state index in [1.165, 1.54) is 0 Å². The molecule has 5 nitrogen and oxygen atoms in total. The predicted molar refractivity (Wildman–Crippen MR) is 63.3 cm³/mol. The van der Waals surface area contributed by atoms with Crippen molar-refractivity contribution in [2.45, 2.75) is 25.8 Å². The fourth-order valence-corrected chi connectivity index (χ4v) is 1.57. The lowest BCUT2D eigenvalue weighted by atomic mass is 10.1. The standard InChI is InChI=1S/C12H16N2O3/c1-2-3-4-7-13-12(17)14-10-6-5-9(8-10)11(15)16/h5-6,9-10H,4,7-8H2,1H3,(H,15,16)(H2,13,14,17). The van der Waals surface area contributed by atoms with Crippen LogP contribution in [0.4, 0.5) is 4.79 Å². The summed E-state index contributed by atoms with van der Waals surface area (Å²) in [5.74, 6) is 4.22. The van der Waals surface area contributed by atoms with Crippen LogP contribution in [0.25, 0.3) is 0 Å². The SMILES string of the molecule is CC#CCCNC(=O)NC1C=CC(C(=O)O)C1. The Labute approximate surface area is 100 Å². The molecule has 0 aliphatic heterocycles. The van der Waals surface area contributed by atoms with Crippen LogP contribution in [-0.2, 0) is 4.79 Å². The van der Waals surface area contributed by atoms with E-state index in [1.54, 1.807) is 19.1 Å². The minimum Gasteiger partial charge on any atom is -0.481 e. The summed E-state index contributed by atoms with van der Waals surface area (Å²) in [4.78, 5) is 22.1. The monoisotopic (exact) mass is 236 g/mol. The zero-order chi connectivity index (χ0) is 12.7. The van der Waals surface area contributed by atoms with Crippen molar-refractivity contribution in [3.05, 3.63) is 12.2 Å². The van der Waals surface area contributed by atoms with Crippen molar-refractivity contribution in [3.8, 4) is 11.8 Å². The predicted octanol–water partition coefficient (Wildman–Crippen LogP) is 0.728. The maximum Gasteiger partial charge on any atom is 0.315 e. The Kier molecular flexibility index (Phi) is 5.08. The van der Waals surface area contributed by atoms with E-state index in [0.29, 0.717) is 19.4 Å². The van der Waals surface area contributed by atoms with Crippen LogP contribution in [0.1, 0.15) is 19.8 Å². The molecule has 1 aliphatic carbocycles. The molecule has 0 heterocycles. The molecule has 5 heteroatoms. The quantitative estimate of drug-likeness (QED) is 0.382. The molecule has 0 spiro atoms. The number of rotatable bonds is 4. The van der Waals surface area contributed by atoms with E-state index < -0.39 is 11.9 Å². The van der Waals surface area contributed by atoms with Crippen LogP contribution < -0.4 is 10.6 Å². The summed E-state index contributed by atoms with van der Waals surface area (Å²) in [7, 11) is 0. The number of carbonyl (C=O) groups is 2. The van der Waals surface area contributed by atoms with Crippen molar-refractivity contribution in [2.75, 3.05) is 6.54 Å². The van der Waals surface area contributed by atoms with Crippen LogP contribution in [0.15, 0.2) is 12.2 Å². The van der Waals surface area contributed by atoms with Crippen molar-refractivity contribution in [2.24, 2.45) is 5.92 Å². The molecule has 17 heavy (non-hydrogen) atoms. The van der Waals surface area contributed by atoms with Gasteiger partial charge < -0.3 is 15.7 Å². The summed E-state index contributed by atoms with van der Waals surface area (Å²) in [5.41, 5.74) is 0. The number of aliphatic carboxylic acids is 1. The Morgan fingerprint density at radius 2 is 2.24 bits per heavy atom. The van der Waals surface area contributed by atoms with Crippen molar-refractivity contribution < 1.29 is 14.7 Å². The Hall–Kier alpha value is -1.96. The third-order valence-corrected chi connectivity index (χ3v) is 2.43. The van der Waals surface area contributed by atoms with E-state index in [4.69, 9.17) is 5.11 Å². The van der Waals surface area contributed by atoms with Gasteiger partial charge in [0.15, 0.2) is 0 Å². The number of carboxylic acids is 1. The first-order valence-corrected chi connectivity index (χ1v) is 5.48. The average molecular weight is 236 g/mol. The highest BCUT2D eigenvalue weighted by Crippen LogP contribution is 2.17. The summed E-state index contributed by atoms with van der Waals surface area (Å²) in [5, 5.41) is 14.1. The first kappa shape index (κ1) is 13.1. The summed E-state index contributed by atoms with van der Waals surface area (Å²) >= 11 is 0. The van der Waals surface area contributed by atoms with Crippen LogP contribution in [0, 0.1) is 17.8 Å². The average Bonchev–Trinajstić information content (AvgIpc) is 2.73. The number of carbonyl (C=O) groups excluding carboxylic acids is 1. The van der Waals surface area contributed by atoms with Crippen LogP contribution in [0.2, 0.25) is 0 Å². The number of hydrogen-bond acceptors (Lipinski definition) is 2. The Morgan fingerprint density at radius 1 is 1.47 bits per heavy atom. The Balaban J connectivity index is 2.21. The third kappa shape index (κ3) is 4.60. The lowest BCUT2D eigenvalue weighted by Crippen LogP contribution is -2.41. The van der Waals surface area contributed by atoms with Gasteiger partial charge in [-0.2, -0.15) is 0 Å². The molecule has 0 aromatic rings. The molecular formula is C12H16N2O3. The summed E-state index contributed by atoms with van der Waals surface area (Å²) in [6.07, 6.45) is 4.35. The number of hydrogen-bond donors (Lipinski definition) is 3. The molecule has 2 amide bonds. The number of carboxylic acid groups (broad SMARTS) is 1. The van der Waals surface area contributed by atoms with Crippen LogP contribution in [-0.4, -0.2) is 29.7 Å². The highest BCUT2D eigenvalue weighted by molar-refractivity contribution is 5.76. The van der Waals surface area contributed by atoms with Gasteiger partial charge >= 0.3 is 12.0 Å². The van der Waals surface area contributed by atoms with Crippen LogP contribution in [0.3, 0.4) is 0 Å². The highest BCUT2D eigenvalue weighted by atomic mass is 16.4. The fraction of sp³-hybridized carbons (Fsp3) is 0.500. The van der Waals surface area contributed by atoms with Crippen LogP contribution >= 0.6 is 0 Å². The van der Waals surface area contributed by atoms with Gasteiger partial charge in [-0.05, 0) is 13.3 Å². The Bertz CT molecular complexity index is 379. The second-order valence-corrected chi connectivity index (χ2v) is 3.75. The third-order valence-electron chi connectivity index (χ3n) is 2.43. The first-order valence-electron chi connectivity index (χ1n) is 5.48. The molecule has 0 fully saturated rings. The second-order valence-electron chi connectivity index (χ2n) is 3.75. The molecule has 3 N–H and O–H groups in total. The zero-order valence-corrected chi connectivity index (χ0v) is 9.69. The number of urea groups is 1. The van der Waals surface area contributed by atoms with Gasteiger partial charge in [0.1, 0.15) is 0 Å². The summed E-state index contributed by atoms with van der Waals surface area (Å²) in [6, 6.07) is -0.489. The normalized spacial score (nSPS) is 21.5. The minimum atomic E-state index is -0.857. The maximum atomic E-state index is 11.4. The molecule has 0 radical (unpaired) electrons. The molecule has 1 rings (SSSR count). The molecule has 0 saturated carbocycles. The molecule has 2 atom stereocenters.